The zero-order chi connectivity index (χ0) is 17.8. The summed E-state index contributed by atoms with van der Waals surface area (Å²) >= 11 is 0. The third-order valence-electron chi connectivity index (χ3n) is 5.52. The molecular weight excluding hydrogens is 328 g/mol. The second kappa shape index (κ2) is 5.42. The number of nitrogens with one attached hydrogen (secondary N) is 1. The van der Waals surface area contributed by atoms with Crippen LogP contribution in [0.25, 0.3) is 54.7 Å². The van der Waals surface area contributed by atoms with Gasteiger partial charge in [0.05, 0.1) is 11.9 Å². The van der Waals surface area contributed by atoms with Crippen LogP contribution in [0.15, 0.2) is 91.1 Å². The van der Waals surface area contributed by atoms with E-state index in [9.17, 15) is 0 Å². The number of nitrogens with zero attached hydrogens (tertiary/aromatic N) is 1. The van der Waals surface area contributed by atoms with E-state index in [1.54, 1.807) is 0 Å². The lowest BCUT2D eigenvalue weighted by Crippen LogP contribution is -1.88. The second-order valence-corrected chi connectivity index (χ2v) is 6.99. The quantitative estimate of drug-likeness (QED) is 0.350. The van der Waals surface area contributed by atoms with Gasteiger partial charge >= 0.3 is 0 Å². The maximum atomic E-state index is 4.36. The molecule has 0 atom stereocenters. The highest BCUT2D eigenvalue weighted by Crippen LogP contribution is 2.41. The first kappa shape index (κ1) is 14.5. The molecule has 0 amide bonds. The van der Waals surface area contributed by atoms with Crippen molar-refractivity contribution in [3.8, 4) is 22.4 Å². The van der Waals surface area contributed by atoms with Crippen molar-refractivity contribution in [2.24, 2.45) is 0 Å². The highest BCUT2D eigenvalue weighted by molar-refractivity contribution is 6.25. The number of H-pyrrole nitrogens is 1. The van der Waals surface area contributed by atoms with Gasteiger partial charge in [-0.1, -0.05) is 84.9 Å². The first-order valence-electron chi connectivity index (χ1n) is 9.16. The van der Waals surface area contributed by atoms with E-state index in [4.69, 9.17) is 0 Å². The minimum absolute atomic E-state index is 1.06. The van der Waals surface area contributed by atoms with Crippen molar-refractivity contribution in [3.63, 3.8) is 0 Å². The topological polar surface area (TPSA) is 28.7 Å². The highest BCUT2D eigenvalue weighted by Gasteiger charge is 2.15. The lowest BCUT2D eigenvalue weighted by molar-refractivity contribution is 1.10. The van der Waals surface area contributed by atoms with Crippen LogP contribution in [0.4, 0.5) is 0 Å². The fourth-order valence-electron chi connectivity index (χ4n) is 4.29. The number of hydrogen-bond donors (Lipinski definition) is 1. The Hall–Kier alpha value is -3.65. The van der Waals surface area contributed by atoms with Gasteiger partial charge in [-0.2, -0.15) is 5.10 Å². The van der Waals surface area contributed by atoms with E-state index in [1.807, 2.05) is 12.3 Å². The summed E-state index contributed by atoms with van der Waals surface area (Å²) in [7, 11) is 0. The average molecular weight is 344 g/mol. The van der Waals surface area contributed by atoms with Crippen molar-refractivity contribution < 1.29 is 0 Å². The third kappa shape index (κ3) is 2.04. The van der Waals surface area contributed by atoms with E-state index in [1.165, 1.54) is 37.9 Å². The van der Waals surface area contributed by atoms with E-state index in [0.29, 0.717) is 0 Å². The van der Waals surface area contributed by atoms with Crippen molar-refractivity contribution in [1.82, 2.24) is 10.2 Å². The molecular formula is C25H16N2. The van der Waals surface area contributed by atoms with Crippen molar-refractivity contribution >= 4 is 32.3 Å². The molecule has 2 nitrogen and oxygen atoms in total. The van der Waals surface area contributed by atoms with Crippen LogP contribution in [-0.4, -0.2) is 10.2 Å². The van der Waals surface area contributed by atoms with Crippen molar-refractivity contribution in [1.29, 1.82) is 0 Å². The Morgan fingerprint density at radius 2 is 1.26 bits per heavy atom. The molecule has 0 spiro atoms. The van der Waals surface area contributed by atoms with E-state index in [2.05, 4.69) is 89.1 Å². The van der Waals surface area contributed by atoms with Crippen LogP contribution in [0.3, 0.4) is 0 Å². The van der Waals surface area contributed by atoms with Gasteiger partial charge in [-0.25, -0.2) is 0 Å². The molecule has 0 aliphatic carbocycles. The van der Waals surface area contributed by atoms with Crippen molar-refractivity contribution in [2.45, 2.75) is 0 Å². The number of hydrogen-bond acceptors (Lipinski definition) is 1. The molecule has 1 heterocycles. The maximum Gasteiger partial charge on any atom is 0.0728 e. The van der Waals surface area contributed by atoms with E-state index < -0.39 is 0 Å². The molecule has 6 rings (SSSR count). The number of benzene rings is 5. The van der Waals surface area contributed by atoms with E-state index in [0.717, 1.165) is 16.8 Å². The Bertz CT molecular complexity index is 1390. The summed E-state index contributed by atoms with van der Waals surface area (Å²) < 4.78 is 0. The summed E-state index contributed by atoms with van der Waals surface area (Å²) in [5.41, 5.74) is 4.56. The summed E-state index contributed by atoms with van der Waals surface area (Å²) in [5.74, 6) is 0. The normalized spacial score (nSPS) is 11.7. The highest BCUT2D eigenvalue weighted by atomic mass is 15.1. The fraction of sp³-hybridized carbons (Fsp3) is 0. The fourth-order valence-corrected chi connectivity index (χ4v) is 4.29. The molecule has 0 unspecified atom stereocenters. The van der Waals surface area contributed by atoms with Gasteiger partial charge in [0.1, 0.15) is 0 Å². The zero-order valence-electron chi connectivity index (χ0n) is 14.6. The SMILES string of the molecule is c1ccc(-c2[nH]ncc2-c2ccc3ccc4cccc5ccc2c3c45)cc1. The van der Waals surface area contributed by atoms with Crippen LogP contribution in [0.1, 0.15) is 0 Å². The Kier molecular flexibility index (Phi) is 2.91. The molecule has 27 heavy (non-hydrogen) atoms. The van der Waals surface area contributed by atoms with Crippen molar-refractivity contribution in [2.75, 3.05) is 0 Å². The third-order valence-corrected chi connectivity index (χ3v) is 5.52. The van der Waals surface area contributed by atoms with Gasteiger partial charge in [0.2, 0.25) is 0 Å². The van der Waals surface area contributed by atoms with Crippen LogP contribution in [-0.2, 0) is 0 Å². The Morgan fingerprint density at radius 1 is 0.556 bits per heavy atom. The second-order valence-electron chi connectivity index (χ2n) is 6.99. The summed E-state index contributed by atoms with van der Waals surface area (Å²) in [6, 6.07) is 30.3. The summed E-state index contributed by atoms with van der Waals surface area (Å²) in [5, 5.41) is 15.4. The molecule has 2 heteroatoms. The lowest BCUT2D eigenvalue weighted by atomic mass is 9.89. The minimum atomic E-state index is 1.06. The Balaban J connectivity index is 1.72. The molecule has 0 aliphatic rings. The van der Waals surface area contributed by atoms with Gasteiger partial charge in [-0.15, -0.1) is 0 Å². The molecule has 1 N–H and O–H groups in total. The summed E-state index contributed by atoms with van der Waals surface area (Å²) in [4.78, 5) is 0. The van der Waals surface area contributed by atoms with E-state index >= 15 is 0 Å². The van der Waals surface area contributed by atoms with Gasteiger partial charge in [-0.05, 0) is 37.9 Å². The molecule has 0 fully saturated rings. The molecule has 0 radical (unpaired) electrons. The molecule has 6 aromatic rings. The largest absolute Gasteiger partial charge is 0.277 e. The van der Waals surface area contributed by atoms with Crippen LogP contribution < -0.4 is 0 Å². The predicted octanol–water partition coefficient (Wildman–Crippen LogP) is 6.64. The van der Waals surface area contributed by atoms with Crippen molar-refractivity contribution in [3.05, 3.63) is 91.1 Å². The molecule has 1 aromatic heterocycles. The number of aromatic nitrogens is 2. The number of rotatable bonds is 2. The van der Waals surface area contributed by atoms with Gasteiger partial charge in [0.15, 0.2) is 0 Å². The standard InChI is InChI=1S/C25H16N2/c1-2-5-19(6-3-1)25-22(15-26-27-25)20-13-11-18-10-9-16-7-4-8-17-12-14-21(20)24(18)23(16)17/h1-15H,(H,26,27). The zero-order valence-corrected chi connectivity index (χ0v) is 14.6. The summed E-state index contributed by atoms with van der Waals surface area (Å²) in [6.07, 6.45) is 1.94. The molecule has 0 bridgehead atoms. The smallest absolute Gasteiger partial charge is 0.0728 e. The van der Waals surface area contributed by atoms with Gasteiger partial charge in [0, 0.05) is 11.1 Å². The summed E-state index contributed by atoms with van der Waals surface area (Å²) in [6.45, 7) is 0. The van der Waals surface area contributed by atoms with E-state index in [-0.39, 0.29) is 0 Å². The number of aromatic amines is 1. The van der Waals surface area contributed by atoms with Crippen LogP contribution in [0, 0.1) is 0 Å². The molecule has 0 saturated carbocycles. The molecule has 5 aromatic carbocycles. The Morgan fingerprint density at radius 3 is 2.07 bits per heavy atom. The first-order valence-corrected chi connectivity index (χ1v) is 9.16. The first-order chi connectivity index (χ1) is 13.4. The predicted molar refractivity (Wildman–Crippen MR) is 113 cm³/mol. The van der Waals surface area contributed by atoms with Crippen LogP contribution in [0.2, 0.25) is 0 Å². The van der Waals surface area contributed by atoms with Crippen LogP contribution >= 0.6 is 0 Å². The monoisotopic (exact) mass is 344 g/mol. The minimum Gasteiger partial charge on any atom is -0.277 e. The van der Waals surface area contributed by atoms with Gasteiger partial charge in [0.25, 0.3) is 0 Å². The maximum absolute atomic E-state index is 4.36. The Labute approximate surface area is 156 Å². The lowest BCUT2D eigenvalue weighted by Gasteiger charge is -2.14. The van der Waals surface area contributed by atoms with Gasteiger partial charge in [-0.3, -0.25) is 5.10 Å². The molecule has 0 aliphatic heterocycles. The molecule has 126 valence electrons. The average Bonchev–Trinajstić information content (AvgIpc) is 3.22. The van der Waals surface area contributed by atoms with Gasteiger partial charge < -0.3 is 0 Å². The van der Waals surface area contributed by atoms with Crippen LogP contribution in [0.5, 0.6) is 0 Å². The molecule has 0 saturated heterocycles.